The maximum Gasteiger partial charge on any atom is 0.223 e. The predicted octanol–water partition coefficient (Wildman–Crippen LogP) is 1.44. The number of ketones is 1. The van der Waals surface area contributed by atoms with Crippen LogP contribution < -0.4 is 0 Å². The van der Waals surface area contributed by atoms with Crippen molar-refractivity contribution in [2.45, 2.75) is 38.5 Å². The molecule has 1 aromatic heterocycles. The number of hydrogen-bond acceptors (Lipinski definition) is 5. The van der Waals surface area contributed by atoms with Crippen LogP contribution in [0.3, 0.4) is 0 Å². The fraction of sp³-hybridized carbons (Fsp3) is 0.421. The van der Waals surface area contributed by atoms with E-state index in [1.165, 1.54) is 24.3 Å². The SMILES string of the molecule is O=C(CCC(=O)N1CCCn2nc([C@H](O)CO)cc2C1)c1ccc(F)cc1. The normalized spacial score (nSPS) is 15.1. The molecule has 27 heavy (non-hydrogen) atoms. The molecule has 0 unspecified atom stereocenters. The number of aromatic nitrogens is 2. The van der Waals surface area contributed by atoms with Crippen molar-refractivity contribution in [3.05, 3.63) is 53.1 Å². The number of hydrogen-bond donors (Lipinski definition) is 2. The second-order valence-corrected chi connectivity index (χ2v) is 6.58. The molecular weight excluding hydrogens is 353 g/mol. The van der Waals surface area contributed by atoms with Crippen molar-refractivity contribution in [2.24, 2.45) is 0 Å². The van der Waals surface area contributed by atoms with Gasteiger partial charge < -0.3 is 15.1 Å². The van der Waals surface area contributed by atoms with Gasteiger partial charge in [0.05, 0.1) is 24.5 Å². The van der Waals surface area contributed by atoms with Crippen LogP contribution in [0, 0.1) is 5.82 Å². The lowest BCUT2D eigenvalue weighted by Crippen LogP contribution is -2.31. The summed E-state index contributed by atoms with van der Waals surface area (Å²) in [5.41, 5.74) is 1.56. The fourth-order valence-electron chi connectivity index (χ4n) is 3.11. The quantitative estimate of drug-likeness (QED) is 0.745. The molecule has 1 aliphatic heterocycles. The molecule has 144 valence electrons. The van der Waals surface area contributed by atoms with E-state index >= 15 is 0 Å². The van der Waals surface area contributed by atoms with Crippen LogP contribution in [-0.2, 0) is 17.9 Å². The summed E-state index contributed by atoms with van der Waals surface area (Å²) < 4.78 is 14.7. The monoisotopic (exact) mass is 375 g/mol. The summed E-state index contributed by atoms with van der Waals surface area (Å²) in [6.07, 6.45) is -0.187. The number of amides is 1. The highest BCUT2D eigenvalue weighted by atomic mass is 19.1. The molecule has 1 atom stereocenters. The molecule has 3 rings (SSSR count). The summed E-state index contributed by atoms with van der Waals surface area (Å²) in [4.78, 5) is 26.4. The highest BCUT2D eigenvalue weighted by Gasteiger charge is 2.22. The number of benzene rings is 1. The first-order valence-corrected chi connectivity index (χ1v) is 8.90. The fourth-order valence-corrected chi connectivity index (χ4v) is 3.11. The standard InChI is InChI=1S/C19H22FN3O4/c20-14-4-2-13(3-5-14)17(25)6-7-19(27)22-8-1-9-23-15(11-22)10-16(21-23)18(26)12-24/h2-5,10,18,24,26H,1,6-9,11-12H2/t18-/m1/s1. The van der Waals surface area contributed by atoms with Gasteiger partial charge in [0.2, 0.25) is 5.91 Å². The number of fused-ring (bicyclic) bond motifs is 1. The van der Waals surface area contributed by atoms with Crippen LogP contribution in [0.15, 0.2) is 30.3 Å². The minimum absolute atomic E-state index is 0.0642. The van der Waals surface area contributed by atoms with Crippen molar-refractivity contribution >= 4 is 11.7 Å². The van der Waals surface area contributed by atoms with E-state index in [0.717, 1.165) is 5.69 Å². The summed E-state index contributed by atoms with van der Waals surface area (Å²) in [7, 11) is 0. The van der Waals surface area contributed by atoms with Crippen LogP contribution in [0.2, 0.25) is 0 Å². The topological polar surface area (TPSA) is 95.7 Å². The number of nitrogens with zero attached hydrogens (tertiary/aromatic N) is 3. The maximum absolute atomic E-state index is 12.9. The minimum atomic E-state index is -1.04. The molecule has 8 heteroatoms. The first-order chi connectivity index (χ1) is 13.0. The Labute approximate surface area is 156 Å². The van der Waals surface area contributed by atoms with Crippen LogP contribution >= 0.6 is 0 Å². The zero-order chi connectivity index (χ0) is 19.4. The van der Waals surface area contributed by atoms with E-state index in [-0.39, 0.29) is 24.5 Å². The zero-order valence-electron chi connectivity index (χ0n) is 14.8. The lowest BCUT2D eigenvalue weighted by atomic mass is 10.1. The van der Waals surface area contributed by atoms with Gasteiger partial charge in [-0.3, -0.25) is 14.3 Å². The smallest absolute Gasteiger partial charge is 0.223 e. The Morgan fingerprint density at radius 1 is 1.19 bits per heavy atom. The molecular formula is C19H22FN3O4. The average Bonchev–Trinajstić information content (AvgIpc) is 2.97. The van der Waals surface area contributed by atoms with Crippen molar-refractivity contribution in [3.8, 4) is 0 Å². The van der Waals surface area contributed by atoms with E-state index in [1.54, 1.807) is 15.6 Å². The average molecular weight is 375 g/mol. The van der Waals surface area contributed by atoms with Crippen molar-refractivity contribution < 1.29 is 24.2 Å². The Balaban J connectivity index is 1.60. The van der Waals surface area contributed by atoms with Gasteiger partial charge in [-0.25, -0.2) is 4.39 Å². The summed E-state index contributed by atoms with van der Waals surface area (Å²) in [6.45, 7) is 1.11. The number of halogens is 1. The van der Waals surface area contributed by atoms with Gasteiger partial charge in [0.25, 0.3) is 0 Å². The Bertz CT molecular complexity index is 819. The van der Waals surface area contributed by atoms with Crippen LogP contribution in [0.25, 0.3) is 0 Å². The Morgan fingerprint density at radius 2 is 1.93 bits per heavy atom. The maximum atomic E-state index is 12.9. The van der Waals surface area contributed by atoms with Crippen LogP contribution in [0.1, 0.15) is 47.1 Å². The van der Waals surface area contributed by atoms with E-state index in [2.05, 4.69) is 5.10 Å². The molecule has 0 bridgehead atoms. The predicted molar refractivity (Wildman–Crippen MR) is 94.3 cm³/mol. The van der Waals surface area contributed by atoms with Gasteiger partial charge in [0.15, 0.2) is 5.78 Å². The zero-order valence-corrected chi connectivity index (χ0v) is 14.8. The third-order valence-electron chi connectivity index (χ3n) is 4.63. The van der Waals surface area contributed by atoms with E-state index in [1.807, 2.05) is 0 Å². The molecule has 1 aliphatic rings. The van der Waals surface area contributed by atoms with Crippen LogP contribution in [0.4, 0.5) is 4.39 Å². The van der Waals surface area contributed by atoms with Gasteiger partial charge in [0, 0.05) is 31.5 Å². The lowest BCUT2D eigenvalue weighted by molar-refractivity contribution is -0.131. The molecule has 0 saturated carbocycles. The molecule has 7 nitrogen and oxygen atoms in total. The summed E-state index contributed by atoms with van der Waals surface area (Å²) in [5, 5.41) is 23.1. The van der Waals surface area contributed by atoms with Gasteiger partial charge in [0.1, 0.15) is 11.9 Å². The summed E-state index contributed by atoms with van der Waals surface area (Å²) in [6, 6.07) is 6.98. The number of rotatable bonds is 6. The number of aryl methyl sites for hydroxylation is 1. The second-order valence-electron chi connectivity index (χ2n) is 6.58. The van der Waals surface area contributed by atoms with E-state index in [4.69, 9.17) is 5.11 Å². The third-order valence-corrected chi connectivity index (χ3v) is 4.63. The van der Waals surface area contributed by atoms with E-state index in [9.17, 15) is 19.1 Å². The van der Waals surface area contributed by atoms with Crippen LogP contribution in [-0.4, -0.2) is 49.7 Å². The lowest BCUT2D eigenvalue weighted by Gasteiger charge is -2.19. The molecule has 1 amide bonds. The van der Waals surface area contributed by atoms with Gasteiger partial charge in [-0.1, -0.05) is 0 Å². The van der Waals surface area contributed by atoms with Crippen molar-refractivity contribution in [1.82, 2.24) is 14.7 Å². The Morgan fingerprint density at radius 3 is 2.63 bits per heavy atom. The number of aliphatic hydroxyl groups excluding tert-OH is 2. The van der Waals surface area contributed by atoms with Gasteiger partial charge in [-0.2, -0.15) is 5.10 Å². The highest BCUT2D eigenvalue weighted by molar-refractivity contribution is 5.97. The highest BCUT2D eigenvalue weighted by Crippen LogP contribution is 2.19. The number of aliphatic hydroxyl groups is 2. The van der Waals surface area contributed by atoms with E-state index in [0.29, 0.717) is 37.3 Å². The largest absolute Gasteiger partial charge is 0.393 e. The first kappa shape index (κ1) is 19.2. The van der Waals surface area contributed by atoms with Crippen LogP contribution in [0.5, 0.6) is 0 Å². The minimum Gasteiger partial charge on any atom is -0.393 e. The number of Topliss-reactive ketones (excluding diaryl/α,β-unsaturated/α-hetero) is 1. The van der Waals surface area contributed by atoms with Crippen molar-refractivity contribution in [2.75, 3.05) is 13.2 Å². The number of carbonyl (C=O) groups is 2. The number of carbonyl (C=O) groups excluding carboxylic acids is 2. The van der Waals surface area contributed by atoms with Gasteiger partial charge in [-0.05, 0) is 36.8 Å². The molecule has 0 fully saturated rings. The molecule has 0 spiro atoms. The molecule has 2 N–H and O–H groups in total. The Kier molecular flexibility index (Phi) is 5.98. The first-order valence-electron chi connectivity index (χ1n) is 8.90. The molecule has 0 radical (unpaired) electrons. The molecule has 2 heterocycles. The molecule has 1 aromatic carbocycles. The molecule has 0 aliphatic carbocycles. The second kappa shape index (κ2) is 8.41. The molecule has 2 aromatic rings. The molecule has 0 saturated heterocycles. The van der Waals surface area contributed by atoms with E-state index < -0.39 is 18.5 Å². The third kappa shape index (κ3) is 4.58. The van der Waals surface area contributed by atoms with Gasteiger partial charge in [-0.15, -0.1) is 0 Å². The summed E-state index contributed by atoms with van der Waals surface area (Å²) >= 11 is 0. The van der Waals surface area contributed by atoms with Crippen molar-refractivity contribution in [1.29, 1.82) is 0 Å². The van der Waals surface area contributed by atoms with Crippen molar-refractivity contribution in [3.63, 3.8) is 0 Å². The van der Waals surface area contributed by atoms with Gasteiger partial charge >= 0.3 is 0 Å². The summed E-state index contributed by atoms with van der Waals surface area (Å²) in [5.74, 6) is -0.740. The Hall–Kier alpha value is -2.58.